The van der Waals surface area contributed by atoms with Crippen LogP contribution in [0.5, 0.6) is 0 Å². The van der Waals surface area contributed by atoms with Crippen LogP contribution >= 0.6 is 11.3 Å². The molecular formula is C20H16N2S. The van der Waals surface area contributed by atoms with Gasteiger partial charge in [0.2, 0.25) is 0 Å². The Kier molecular flexibility index (Phi) is 3.56. The second kappa shape index (κ2) is 5.86. The molecule has 0 spiro atoms. The summed E-state index contributed by atoms with van der Waals surface area (Å²) in [6, 6.07) is 25.1. The van der Waals surface area contributed by atoms with E-state index in [9.17, 15) is 0 Å². The minimum atomic E-state index is 1.05. The zero-order valence-corrected chi connectivity index (χ0v) is 13.6. The van der Waals surface area contributed by atoms with Crippen molar-refractivity contribution < 1.29 is 0 Å². The molecular weight excluding hydrogens is 300 g/mol. The maximum Gasteiger partial charge on any atom is 0.0830 e. The molecule has 0 aliphatic heterocycles. The number of aryl methyl sites for hydroxylation is 1. The highest BCUT2D eigenvalue weighted by molar-refractivity contribution is 7.13. The largest absolute Gasteiger partial charge is 0.232 e. The molecule has 3 heteroatoms. The predicted octanol–water partition coefficient (Wildman–Crippen LogP) is 5.58. The lowest BCUT2D eigenvalue weighted by molar-refractivity contribution is 0.869. The molecule has 2 heterocycles. The fraction of sp³-hybridized carbons (Fsp3) is 0.0500. The molecule has 0 bridgehead atoms. The van der Waals surface area contributed by atoms with Crippen molar-refractivity contribution in [1.82, 2.24) is 9.78 Å². The van der Waals surface area contributed by atoms with E-state index in [4.69, 9.17) is 5.10 Å². The first-order valence-electron chi connectivity index (χ1n) is 7.59. The lowest BCUT2D eigenvalue weighted by Gasteiger charge is -2.09. The Labute approximate surface area is 139 Å². The minimum Gasteiger partial charge on any atom is -0.232 e. The fourth-order valence-corrected chi connectivity index (χ4v) is 3.68. The van der Waals surface area contributed by atoms with Gasteiger partial charge in [0.1, 0.15) is 0 Å². The Morgan fingerprint density at radius 2 is 1.52 bits per heavy atom. The summed E-state index contributed by atoms with van der Waals surface area (Å²) in [5.74, 6) is 0. The molecule has 0 radical (unpaired) electrons. The highest BCUT2D eigenvalue weighted by Gasteiger charge is 2.19. The molecule has 0 amide bonds. The summed E-state index contributed by atoms with van der Waals surface area (Å²) in [5.41, 5.74) is 5.68. The van der Waals surface area contributed by atoms with Crippen LogP contribution in [0, 0.1) is 6.92 Å². The van der Waals surface area contributed by atoms with Gasteiger partial charge in [-0.15, -0.1) is 11.3 Å². The van der Waals surface area contributed by atoms with Gasteiger partial charge < -0.3 is 0 Å². The average Bonchev–Trinajstić information content (AvgIpc) is 3.23. The quantitative estimate of drug-likeness (QED) is 0.482. The van der Waals surface area contributed by atoms with Crippen molar-refractivity contribution in [3.8, 4) is 27.4 Å². The molecule has 0 atom stereocenters. The van der Waals surface area contributed by atoms with Crippen molar-refractivity contribution in [2.45, 2.75) is 6.92 Å². The third kappa shape index (κ3) is 2.49. The van der Waals surface area contributed by atoms with Crippen molar-refractivity contribution in [2.24, 2.45) is 0 Å². The summed E-state index contributed by atoms with van der Waals surface area (Å²) in [6.07, 6.45) is 0. The number of hydrogen-bond acceptors (Lipinski definition) is 2. The summed E-state index contributed by atoms with van der Waals surface area (Å²) in [5, 5.41) is 6.95. The number of rotatable bonds is 3. The van der Waals surface area contributed by atoms with E-state index in [1.807, 2.05) is 24.3 Å². The first-order chi connectivity index (χ1) is 11.3. The van der Waals surface area contributed by atoms with E-state index < -0.39 is 0 Å². The molecule has 2 aromatic heterocycles. The van der Waals surface area contributed by atoms with E-state index in [2.05, 4.69) is 65.5 Å². The maximum absolute atomic E-state index is 4.84. The van der Waals surface area contributed by atoms with Crippen LogP contribution in [0.4, 0.5) is 0 Å². The van der Waals surface area contributed by atoms with E-state index in [-0.39, 0.29) is 0 Å². The summed E-state index contributed by atoms with van der Waals surface area (Å²) >= 11 is 1.75. The van der Waals surface area contributed by atoms with Crippen LogP contribution in [-0.2, 0) is 0 Å². The summed E-state index contributed by atoms with van der Waals surface area (Å²) in [7, 11) is 0. The molecule has 0 aliphatic carbocycles. The molecule has 4 aromatic rings. The van der Waals surface area contributed by atoms with Crippen LogP contribution in [0.2, 0.25) is 0 Å². The third-order valence-corrected chi connectivity index (χ3v) is 4.76. The van der Waals surface area contributed by atoms with Crippen LogP contribution in [0.1, 0.15) is 5.69 Å². The summed E-state index contributed by atoms with van der Waals surface area (Å²) < 4.78 is 2.06. The Morgan fingerprint density at radius 1 is 0.826 bits per heavy atom. The van der Waals surface area contributed by atoms with Crippen LogP contribution in [0.3, 0.4) is 0 Å². The second-order valence-electron chi connectivity index (χ2n) is 5.40. The number of para-hydroxylation sites is 1. The van der Waals surface area contributed by atoms with Gasteiger partial charge in [-0.05, 0) is 30.5 Å². The van der Waals surface area contributed by atoms with Crippen molar-refractivity contribution >= 4 is 11.3 Å². The number of hydrogen-bond donors (Lipinski definition) is 0. The third-order valence-electron chi connectivity index (χ3n) is 3.88. The maximum atomic E-state index is 4.84. The zero-order chi connectivity index (χ0) is 15.6. The molecule has 0 N–H and O–H groups in total. The van der Waals surface area contributed by atoms with Gasteiger partial charge in [-0.2, -0.15) is 5.10 Å². The average molecular weight is 316 g/mol. The molecule has 0 saturated carbocycles. The lowest BCUT2D eigenvalue weighted by Crippen LogP contribution is -1.99. The molecule has 0 unspecified atom stereocenters. The van der Waals surface area contributed by atoms with E-state index in [1.54, 1.807) is 11.3 Å². The fourth-order valence-electron chi connectivity index (χ4n) is 2.86. The van der Waals surface area contributed by atoms with Crippen molar-refractivity contribution in [1.29, 1.82) is 0 Å². The molecule has 23 heavy (non-hydrogen) atoms. The van der Waals surface area contributed by atoms with Gasteiger partial charge in [-0.3, -0.25) is 0 Å². The monoisotopic (exact) mass is 316 g/mol. The molecule has 0 fully saturated rings. The van der Waals surface area contributed by atoms with Crippen LogP contribution in [0.15, 0.2) is 78.2 Å². The second-order valence-corrected chi connectivity index (χ2v) is 6.35. The standard InChI is InChI=1S/C20H16N2S/c1-15-19(18-13-8-14-23-18)20(16-9-4-2-5-10-16)22(21-15)17-11-6-3-7-12-17/h2-14H,1H3. The Bertz CT molecular complexity index is 907. The summed E-state index contributed by atoms with van der Waals surface area (Å²) in [4.78, 5) is 1.25. The van der Waals surface area contributed by atoms with Crippen molar-refractivity contribution in [3.05, 3.63) is 83.9 Å². The SMILES string of the molecule is Cc1nn(-c2ccccc2)c(-c2ccccc2)c1-c1cccs1. The van der Waals surface area contributed by atoms with Gasteiger partial charge in [0, 0.05) is 16.0 Å². The lowest BCUT2D eigenvalue weighted by atomic mass is 10.0. The van der Waals surface area contributed by atoms with E-state index in [1.165, 1.54) is 16.0 Å². The molecule has 0 aliphatic rings. The Hall–Kier alpha value is -2.65. The molecule has 2 aromatic carbocycles. The Morgan fingerprint density at radius 3 is 2.17 bits per heavy atom. The van der Waals surface area contributed by atoms with Crippen LogP contribution < -0.4 is 0 Å². The molecule has 112 valence electrons. The summed E-state index contributed by atoms with van der Waals surface area (Å²) in [6.45, 7) is 2.08. The number of nitrogens with zero attached hydrogens (tertiary/aromatic N) is 2. The van der Waals surface area contributed by atoms with Gasteiger partial charge in [-0.1, -0.05) is 54.6 Å². The van der Waals surface area contributed by atoms with Gasteiger partial charge in [0.15, 0.2) is 0 Å². The number of thiophene rings is 1. The van der Waals surface area contributed by atoms with E-state index in [0.29, 0.717) is 0 Å². The van der Waals surface area contributed by atoms with Gasteiger partial charge >= 0.3 is 0 Å². The minimum absolute atomic E-state index is 1.05. The Balaban J connectivity index is 2.03. The number of aromatic nitrogens is 2. The van der Waals surface area contributed by atoms with Crippen LogP contribution in [0.25, 0.3) is 27.4 Å². The first-order valence-corrected chi connectivity index (χ1v) is 8.47. The first kappa shape index (κ1) is 14.0. The molecule has 4 rings (SSSR count). The zero-order valence-electron chi connectivity index (χ0n) is 12.8. The van der Waals surface area contributed by atoms with Gasteiger partial charge in [0.25, 0.3) is 0 Å². The van der Waals surface area contributed by atoms with Crippen LogP contribution in [-0.4, -0.2) is 9.78 Å². The predicted molar refractivity (Wildman–Crippen MR) is 97.1 cm³/mol. The number of benzene rings is 2. The molecule has 2 nitrogen and oxygen atoms in total. The molecule has 0 saturated heterocycles. The van der Waals surface area contributed by atoms with Crippen molar-refractivity contribution in [2.75, 3.05) is 0 Å². The highest BCUT2D eigenvalue weighted by atomic mass is 32.1. The van der Waals surface area contributed by atoms with Gasteiger partial charge in [-0.25, -0.2) is 4.68 Å². The van der Waals surface area contributed by atoms with Crippen molar-refractivity contribution in [3.63, 3.8) is 0 Å². The highest BCUT2D eigenvalue weighted by Crippen LogP contribution is 2.38. The van der Waals surface area contributed by atoms with E-state index in [0.717, 1.165) is 17.1 Å². The smallest absolute Gasteiger partial charge is 0.0830 e. The van der Waals surface area contributed by atoms with E-state index >= 15 is 0 Å². The van der Waals surface area contributed by atoms with Gasteiger partial charge in [0.05, 0.1) is 17.1 Å². The topological polar surface area (TPSA) is 17.8 Å². The normalized spacial score (nSPS) is 10.8.